The van der Waals surface area contributed by atoms with Crippen LogP contribution in [0.15, 0.2) is 23.1 Å². The van der Waals surface area contributed by atoms with Gasteiger partial charge in [0.15, 0.2) is 0 Å². The van der Waals surface area contributed by atoms with Crippen LogP contribution in [0.5, 0.6) is 0 Å². The third-order valence-electron chi connectivity index (χ3n) is 3.34. The van der Waals surface area contributed by atoms with Gasteiger partial charge in [0.05, 0.1) is 5.56 Å². The van der Waals surface area contributed by atoms with Crippen LogP contribution in [0.25, 0.3) is 0 Å². The van der Waals surface area contributed by atoms with Crippen molar-refractivity contribution in [1.82, 2.24) is 15.2 Å². The number of carbonyl (C=O) groups is 1. The van der Waals surface area contributed by atoms with Crippen molar-refractivity contribution in [2.45, 2.75) is 25.8 Å². The van der Waals surface area contributed by atoms with E-state index in [2.05, 4.69) is 10.3 Å². The maximum atomic E-state index is 12.4. The summed E-state index contributed by atoms with van der Waals surface area (Å²) in [6.45, 7) is 4.55. The van der Waals surface area contributed by atoms with Crippen molar-refractivity contribution >= 4 is 5.91 Å². The van der Waals surface area contributed by atoms with E-state index in [-0.39, 0.29) is 17.5 Å². The molecule has 0 saturated carbocycles. The Kier molecular flexibility index (Phi) is 4.15. The first-order valence-electron chi connectivity index (χ1n) is 6.43. The molecule has 2 rings (SSSR count). The molecule has 1 aliphatic rings. The summed E-state index contributed by atoms with van der Waals surface area (Å²) in [6, 6.07) is 3.23. The molecule has 0 aliphatic carbocycles. The molecule has 1 aromatic heterocycles. The Hall–Kier alpha value is -1.62. The summed E-state index contributed by atoms with van der Waals surface area (Å²) >= 11 is 0. The third kappa shape index (κ3) is 2.79. The fourth-order valence-corrected chi connectivity index (χ4v) is 2.38. The van der Waals surface area contributed by atoms with Gasteiger partial charge in [-0.3, -0.25) is 9.59 Å². The monoisotopic (exact) mass is 249 g/mol. The van der Waals surface area contributed by atoms with Crippen LogP contribution in [0.2, 0.25) is 0 Å². The Morgan fingerprint density at radius 2 is 2.33 bits per heavy atom. The summed E-state index contributed by atoms with van der Waals surface area (Å²) in [5.41, 5.74) is 0.357. The topological polar surface area (TPSA) is 65.2 Å². The van der Waals surface area contributed by atoms with Gasteiger partial charge >= 0.3 is 0 Å². The average Bonchev–Trinajstić information content (AvgIpc) is 2.41. The number of likely N-dealkylation sites (N-methyl/N-ethyl adjacent to an activating group) is 1. The number of amides is 1. The second kappa shape index (κ2) is 5.82. The molecule has 5 nitrogen and oxygen atoms in total. The lowest BCUT2D eigenvalue weighted by molar-refractivity contribution is 0.0661. The van der Waals surface area contributed by atoms with E-state index in [1.165, 1.54) is 12.3 Å². The largest absolute Gasteiger partial charge is 0.335 e. The minimum atomic E-state index is -0.186. The molecule has 1 aliphatic heterocycles. The van der Waals surface area contributed by atoms with Gasteiger partial charge in [-0.15, -0.1) is 0 Å². The molecule has 1 unspecified atom stereocenters. The van der Waals surface area contributed by atoms with Crippen LogP contribution < -0.4 is 10.9 Å². The summed E-state index contributed by atoms with van der Waals surface area (Å²) in [4.78, 5) is 27.8. The molecule has 1 fully saturated rings. The van der Waals surface area contributed by atoms with Crippen molar-refractivity contribution in [3.63, 3.8) is 0 Å². The zero-order valence-corrected chi connectivity index (χ0v) is 10.6. The second-order valence-corrected chi connectivity index (χ2v) is 4.53. The Morgan fingerprint density at radius 3 is 2.89 bits per heavy atom. The van der Waals surface area contributed by atoms with E-state index in [0.717, 1.165) is 25.9 Å². The molecule has 1 saturated heterocycles. The number of aromatic amines is 1. The Labute approximate surface area is 106 Å². The number of H-pyrrole nitrogens is 1. The molecule has 2 heterocycles. The summed E-state index contributed by atoms with van der Waals surface area (Å²) < 4.78 is 0. The van der Waals surface area contributed by atoms with Gasteiger partial charge in [-0.2, -0.15) is 0 Å². The molecule has 2 N–H and O–H groups in total. The van der Waals surface area contributed by atoms with Gasteiger partial charge in [0.25, 0.3) is 5.91 Å². The number of rotatable bonds is 3. The number of nitrogens with one attached hydrogen (secondary N) is 2. The van der Waals surface area contributed by atoms with Crippen LogP contribution in [0.1, 0.15) is 30.1 Å². The molecule has 5 heteroatoms. The van der Waals surface area contributed by atoms with Gasteiger partial charge in [-0.1, -0.05) is 0 Å². The molecule has 0 bridgehead atoms. The number of hydrogen-bond donors (Lipinski definition) is 2. The van der Waals surface area contributed by atoms with Crippen molar-refractivity contribution in [3.05, 3.63) is 34.2 Å². The van der Waals surface area contributed by atoms with Crippen LogP contribution >= 0.6 is 0 Å². The number of carbonyl (C=O) groups excluding carboxylic acids is 1. The van der Waals surface area contributed by atoms with Gasteiger partial charge in [0.2, 0.25) is 5.56 Å². The molecule has 0 radical (unpaired) electrons. The number of pyridine rings is 1. The van der Waals surface area contributed by atoms with Crippen LogP contribution in [-0.4, -0.2) is 41.5 Å². The lowest BCUT2D eigenvalue weighted by Crippen LogP contribution is -2.48. The molecule has 18 heavy (non-hydrogen) atoms. The molecule has 98 valence electrons. The number of piperidine rings is 1. The van der Waals surface area contributed by atoms with E-state index in [9.17, 15) is 9.59 Å². The fraction of sp³-hybridized carbons (Fsp3) is 0.538. The van der Waals surface area contributed by atoms with Gasteiger partial charge in [-0.05, 0) is 32.4 Å². The predicted octanol–water partition coefficient (Wildman–Crippen LogP) is 0.589. The minimum absolute atomic E-state index is 0.0116. The molecule has 0 aromatic carbocycles. The molecule has 0 spiro atoms. The maximum Gasteiger partial charge on any atom is 0.255 e. The first-order chi connectivity index (χ1) is 8.72. The van der Waals surface area contributed by atoms with Crippen LogP contribution in [0.4, 0.5) is 0 Å². The highest BCUT2D eigenvalue weighted by molar-refractivity contribution is 5.94. The summed E-state index contributed by atoms with van der Waals surface area (Å²) in [5, 5.41) is 3.31. The second-order valence-electron chi connectivity index (χ2n) is 4.53. The van der Waals surface area contributed by atoms with Gasteiger partial charge in [-0.25, -0.2) is 0 Å². The average molecular weight is 249 g/mol. The van der Waals surface area contributed by atoms with Crippen LogP contribution in [0.3, 0.4) is 0 Å². The summed E-state index contributed by atoms with van der Waals surface area (Å²) in [7, 11) is 0. The molecule has 1 amide bonds. The standard InChI is InChI=1S/C13H19N3O2/c1-2-16(11-4-3-7-14-9-11)13(18)10-5-6-12(17)15-8-10/h5-6,8,11,14H,2-4,7,9H2,1H3,(H,15,17). The highest BCUT2D eigenvalue weighted by Crippen LogP contribution is 2.13. The van der Waals surface area contributed by atoms with E-state index >= 15 is 0 Å². The molecular weight excluding hydrogens is 230 g/mol. The smallest absolute Gasteiger partial charge is 0.255 e. The van der Waals surface area contributed by atoms with Crippen molar-refractivity contribution in [2.75, 3.05) is 19.6 Å². The SMILES string of the molecule is CCN(C(=O)c1ccc(=O)[nH]c1)C1CCCNC1. The van der Waals surface area contributed by atoms with E-state index in [1.807, 2.05) is 11.8 Å². The summed E-state index contributed by atoms with van der Waals surface area (Å²) in [5.74, 6) is -0.0116. The van der Waals surface area contributed by atoms with Gasteiger partial charge in [0.1, 0.15) is 0 Å². The van der Waals surface area contributed by atoms with E-state index in [4.69, 9.17) is 0 Å². The Morgan fingerprint density at radius 1 is 1.50 bits per heavy atom. The zero-order chi connectivity index (χ0) is 13.0. The first kappa shape index (κ1) is 12.8. The Balaban J connectivity index is 2.13. The maximum absolute atomic E-state index is 12.4. The normalized spacial score (nSPS) is 19.5. The highest BCUT2D eigenvalue weighted by Gasteiger charge is 2.24. The minimum Gasteiger partial charge on any atom is -0.335 e. The van der Waals surface area contributed by atoms with Crippen molar-refractivity contribution < 1.29 is 4.79 Å². The molecular formula is C13H19N3O2. The number of nitrogens with zero attached hydrogens (tertiary/aromatic N) is 1. The van der Waals surface area contributed by atoms with E-state index < -0.39 is 0 Å². The lowest BCUT2D eigenvalue weighted by Gasteiger charge is -2.34. The third-order valence-corrected chi connectivity index (χ3v) is 3.34. The Bertz CT molecular complexity index is 443. The highest BCUT2D eigenvalue weighted by atomic mass is 16.2. The molecule has 1 atom stereocenters. The van der Waals surface area contributed by atoms with E-state index in [1.54, 1.807) is 6.07 Å². The zero-order valence-electron chi connectivity index (χ0n) is 10.6. The predicted molar refractivity (Wildman–Crippen MR) is 69.7 cm³/mol. The van der Waals surface area contributed by atoms with Crippen molar-refractivity contribution in [3.8, 4) is 0 Å². The number of hydrogen-bond acceptors (Lipinski definition) is 3. The number of aromatic nitrogens is 1. The first-order valence-corrected chi connectivity index (χ1v) is 6.43. The van der Waals surface area contributed by atoms with Crippen molar-refractivity contribution in [1.29, 1.82) is 0 Å². The van der Waals surface area contributed by atoms with Gasteiger partial charge < -0.3 is 15.2 Å². The lowest BCUT2D eigenvalue weighted by atomic mass is 10.0. The fourth-order valence-electron chi connectivity index (χ4n) is 2.38. The van der Waals surface area contributed by atoms with E-state index in [0.29, 0.717) is 12.1 Å². The van der Waals surface area contributed by atoms with Crippen molar-refractivity contribution in [2.24, 2.45) is 0 Å². The summed E-state index contributed by atoms with van der Waals surface area (Å²) in [6.07, 6.45) is 3.62. The van der Waals surface area contributed by atoms with Crippen LogP contribution in [0, 0.1) is 0 Å². The van der Waals surface area contributed by atoms with Gasteiger partial charge in [0, 0.05) is 31.4 Å². The van der Waals surface area contributed by atoms with Crippen LogP contribution in [-0.2, 0) is 0 Å². The molecule has 1 aromatic rings. The quantitative estimate of drug-likeness (QED) is 0.824.